The Labute approximate surface area is 73.0 Å². The topological polar surface area (TPSA) is 26.3 Å². The highest BCUT2D eigenvalue weighted by Crippen LogP contribution is 2.38. The lowest BCUT2D eigenvalue weighted by atomic mass is 10.2. The van der Waals surface area contributed by atoms with E-state index in [9.17, 15) is 4.57 Å². The zero-order chi connectivity index (χ0) is 9.03. The summed E-state index contributed by atoms with van der Waals surface area (Å²) in [7, 11) is -2.33. The Kier molecular flexibility index (Phi) is 3.07. The van der Waals surface area contributed by atoms with Gasteiger partial charge < -0.3 is 4.52 Å². The molecule has 0 aliphatic heterocycles. The monoisotopic (exact) mass is 184 g/mol. The van der Waals surface area contributed by atoms with Crippen LogP contribution >= 0.6 is 7.37 Å². The van der Waals surface area contributed by atoms with Crippen LogP contribution in [0.25, 0.3) is 0 Å². The van der Waals surface area contributed by atoms with Gasteiger partial charge >= 0.3 is 0 Å². The normalized spacial score (nSPS) is 11.5. The van der Waals surface area contributed by atoms with E-state index in [2.05, 4.69) is 0 Å². The molecular weight excluding hydrogens is 171 g/mol. The van der Waals surface area contributed by atoms with E-state index in [0.29, 0.717) is 6.61 Å². The van der Waals surface area contributed by atoms with E-state index in [1.165, 1.54) is 0 Å². The summed E-state index contributed by atoms with van der Waals surface area (Å²) >= 11 is 0. The van der Waals surface area contributed by atoms with E-state index in [1.54, 1.807) is 13.3 Å². The molecule has 0 radical (unpaired) electrons. The van der Waals surface area contributed by atoms with Crippen molar-refractivity contribution in [1.29, 1.82) is 0 Å². The summed E-state index contributed by atoms with van der Waals surface area (Å²) in [5, 5.41) is 0. The van der Waals surface area contributed by atoms with Crippen molar-refractivity contribution in [2.45, 2.75) is 6.61 Å². The van der Waals surface area contributed by atoms with Crippen LogP contribution in [-0.2, 0) is 15.7 Å². The van der Waals surface area contributed by atoms with Gasteiger partial charge in [-0.05, 0) is 5.56 Å². The molecule has 66 valence electrons. The van der Waals surface area contributed by atoms with E-state index >= 15 is 0 Å². The van der Waals surface area contributed by atoms with Gasteiger partial charge in [0.1, 0.15) is 0 Å². The first kappa shape index (κ1) is 9.50. The molecule has 0 aromatic heterocycles. The lowest BCUT2D eigenvalue weighted by molar-refractivity contribution is 0.310. The molecule has 1 aromatic rings. The minimum absolute atomic E-state index is 0.436. The van der Waals surface area contributed by atoms with Crippen molar-refractivity contribution in [2.24, 2.45) is 0 Å². The first-order valence-corrected chi connectivity index (χ1v) is 6.33. The molecule has 0 spiro atoms. The lowest BCUT2D eigenvalue weighted by Crippen LogP contribution is -1.88. The molecule has 0 aliphatic rings. The second kappa shape index (κ2) is 3.88. The van der Waals surface area contributed by atoms with Crippen LogP contribution in [-0.4, -0.2) is 13.3 Å². The van der Waals surface area contributed by atoms with Crippen LogP contribution in [0.5, 0.6) is 0 Å². The molecule has 2 nitrogen and oxygen atoms in total. The van der Waals surface area contributed by atoms with Crippen molar-refractivity contribution >= 4 is 7.37 Å². The molecule has 12 heavy (non-hydrogen) atoms. The Morgan fingerprint density at radius 3 is 2.33 bits per heavy atom. The number of rotatable bonds is 3. The molecule has 0 saturated heterocycles. The second-order valence-corrected chi connectivity index (χ2v) is 5.77. The fraction of sp³-hybridized carbons (Fsp3) is 0.333. The van der Waals surface area contributed by atoms with Crippen LogP contribution in [0.1, 0.15) is 5.56 Å². The molecule has 0 unspecified atom stereocenters. The molecule has 0 fully saturated rings. The Hall–Kier alpha value is -0.590. The summed E-state index contributed by atoms with van der Waals surface area (Å²) in [6.07, 6.45) is 0. The summed E-state index contributed by atoms with van der Waals surface area (Å²) in [6.45, 7) is 3.68. The zero-order valence-electron chi connectivity index (χ0n) is 7.36. The van der Waals surface area contributed by atoms with Gasteiger partial charge in [0.2, 0.25) is 0 Å². The highest BCUT2D eigenvalue weighted by Gasteiger charge is 2.05. The summed E-state index contributed by atoms with van der Waals surface area (Å²) in [6, 6.07) is 9.73. The van der Waals surface area contributed by atoms with Gasteiger partial charge in [0, 0.05) is 13.3 Å². The van der Waals surface area contributed by atoms with Gasteiger partial charge in [-0.3, -0.25) is 4.57 Å². The predicted octanol–water partition coefficient (Wildman–Crippen LogP) is 2.74. The average Bonchev–Trinajstić information content (AvgIpc) is 2.02. The van der Waals surface area contributed by atoms with Crippen molar-refractivity contribution < 1.29 is 9.09 Å². The Morgan fingerprint density at radius 2 is 1.83 bits per heavy atom. The number of hydrogen-bond acceptors (Lipinski definition) is 2. The molecular formula is C9H13O2P. The maximum absolute atomic E-state index is 11.2. The van der Waals surface area contributed by atoms with Crippen molar-refractivity contribution in [3.8, 4) is 0 Å². The molecule has 0 N–H and O–H groups in total. The molecule has 1 aromatic carbocycles. The van der Waals surface area contributed by atoms with Crippen molar-refractivity contribution in [3.05, 3.63) is 35.9 Å². The molecule has 0 saturated carbocycles. The summed E-state index contributed by atoms with van der Waals surface area (Å²) in [4.78, 5) is 0. The molecule has 0 heterocycles. The molecule has 0 aliphatic carbocycles. The third-order valence-corrected chi connectivity index (χ3v) is 2.14. The van der Waals surface area contributed by atoms with Crippen molar-refractivity contribution in [3.63, 3.8) is 0 Å². The fourth-order valence-corrected chi connectivity index (χ4v) is 1.26. The third kappa shape index (κ3) is 3.70. The molecule has 0 atom stereocenters. The third-order valence-electron chi connectivity index (χ3n) is 1.38. The molecule has 3 heteroatoms. The zero-order valence-corrected chi connectivity index (χ0v) is 8.25. The number of hydrogen-bond donors (Lipinski definition) is 0. The van der Waals surface area contributed by atoms with Crippen LogP contribution in [0.2, 0.25) is 0 Å². The SMILES string of the molecule is CP(C)(=O)OCc1ccccc1. The molecule has 0 amide bonds. The van der Waals surface area contributed by atoms with Gasteiger partial charge in [-0.15, -0.1) is 0 Å². The van der Waals surface area contributed by atoms with E-state index in [1.807, 2.05) is 30.3 Å². The maximum atomic E-state index is 11.2. The van der Waals surface area contributed by atoms with Gasteiger partial charge in [-0.2, -0.15) is 0 Å². The van der Waals surface area contributed by atoms with Gasteiger partial charge in [-0.1, -0.05) is 30.3 Å². The number of benzene rings is 1. The molecule has 1 rings (SSSR count). The highest BCUT2D eigenvalue weighted by atomic mass is 31.2. The largest absolute Gasteiger partial charge is 0.324 e. The Morgan fingerprint density at radius 1 is 1.25 bits per heavy atom. The lowest BCUT2D eigenvalue weighted by Gasteiger charge is -2.07. The van der Waals surface area contributed by atoms with Crippen LogP contribution in [0.15, 0.2) is 30.3 Å². The summed E-state index contributed by atoms with van der Waals surface area (Å²) in [5.41, 5.74) is 1.06. The average molecular weight is 184 g/mol. The highest BCUT2D eigenvalue weighted by molar-refractivity contribution is 7.57. The quantitative estimate of drug-likeness (QED) is 0.675. The van der Waals surface area contributed by atoms with Crippen LogP contribution in [0.3, 0.4) is 0 Å². The minimum atomic E-state index is -2.33. The van der Waals surface area contributed by atoms with Gasteiger partial charge in [-0.25, -0.2) is 0 Å². The Balaban J connectivity index is 2.50. The van der Waals surface area contributed by atoms with Crippen molar-refractivity contribution in [2.75, 3.05) is 13.3 Å². The van der Waals surface area contributed by atoms with Gasteiger partial charge in [0.25, 0.3) is 0 Å². The molecule has 0 bridgehead atoms. The van der Waals surface area contributed by atoms with E-state index in [4.69, 9.17) is 4.52 Å². The van der Waals surface area contributed by atoms with E-state index in [-0.39, 0.29) is 0 Å². The van der Waals surface area contributed by atoms with Crippen LogP contribution in [0, 0.1) is 0 Å². The van der Waals surface area contributed by atoms with Crippen LogP contribution in [0.4, 0.5) is 0 Å². The summed E-state index contributed by atoms with van der Waals surface area (Å²) < 4.78 is 16.3. The maximum Gasteiger partial charge on any atom is 0.197 e. The standard InChI is InChI=1S/C9H13O2P/c1-12(2,10)11-8-9-6-4-3-5-7-9/h3-7H,8H2,1-2H3. The second-order valence-electron chi connectivity index (χ2n) is 3.01. The van der Waals surface area contributed by atoms with E-state index < -0.39 is 7.37 Å². The minimum Gasteiger partial charge on any atom is -0.324 e. The van der Waals surface area contributed by atoms with Crippen molar-refractivity contribution in [1.82, 2.24) is 0 Å². The first-order chi connectivity index (χ1) is 5.58. The van der Waals surface area contributed by atoms with Gasteiger partial charge in [0.15, 0.2) is 7.37 Å². The Bertz CT molecular complexity index is 276. The summed E-state index contributed by atoms with van der Waals surface area (Å²) in [5.74, 6) is 0. The first-order valence-electron chi connectivity index (χ1n) is 3.81. The smallest absolute Gasteiger partial charge is 0.197 e. The fourth-order valence-electron chi connectivity index (χ4n) is 0.804. The van der Waals surface area contributed by atoms with Gasteiger partial charge in [0.05, 0.1) is 6.61 Å². The predicted molar refractivity (Wildman–Crippen MR) is 50.7 cm³/mol. The van der Waals surface area contributed by atoms with Crippen LogP contribution < -0.4 is 0 Å². The van der Waals surface area contributed by atoms with E-state index in [0.717, 1.165) is 5.56 Å².